The number of aliphatic hydroxyl groups is 1. The number of aromatic nitrogens is 2. The van der Waals surface area contributed by atoms with Gasteiger partial charge in [0.25, 0.3) is 0 Å². The number of aliphatic hydroxyl groups excluding tert-OH is 1. The van der Waals surface area contributed by atoms with Crippen LogP contribution in [0.25, 0.3) is 11.3 Å². The number of halogens is 2. The topological polar surface area (TPSA) is 73.8 Å². The van der Waals surface area contributed by atoms with E-state index in [2.05, 4.69) is 34.7 Å². The lowest BCUT2D eigenvalue weighted by atomic mass is 9.96. The van der Waals surface area contributed by atoms with Crippen LogP contribution in [0, 0.1) is 5.92 Å². The zero-order valence-electron chi connectivity index (χ0n) is 26.7. The number of benzene rings is 1. The number of rotatable bonds is 13. The lowest BCUT2D eigenvalue weighted by Gasteiger charge is -2.45. The molecule has 0 amide bonds. The molecule has 2 N–H and O–H groups in total. The van der Waals surface area contributed by atoms with Gasteiger partial charge in [-0.2, -0.15) is 0 Å². The molecule has 0 bridgehead atoms. The molecule has 0 spiro atoms. The summed E-state index contributed by atoms with van der Waals surface area (Å²) in [6.45, 7) is 18.1. The molecule has 2 aliphatic heterocycles. The zero-order valence-corrected chi connectivity index (χ0v) is 28.2. The summed E-state index contributed by atoms with van der Waals surface area (Å²) in [7, 11) is 0. The molecule has 2 saturated heterocycles. The minimum Gasteiger partial charge on any atom is -0.437 e. The molecule has 0 saturated carbocycles. The SMILES string of the molecule is C=C(C)NCC1CCN(Cc2cc(Oc3ccc(N4CC[N+](CCC)(CCO)CC4)nc3)nc(-c3cc(Cl)cc(Cl)c3)c2)CC1. The molecule has 2 aromatic heterocycles. The highest BCUT2D eigenvalue weighted by atomic mass is 35.5. The fraction of sp³-hybridized carbons (Fsp3) is 0.486. The molecule has 0 atom stereocenters. The number of hydrogen-bond acceptors (Lipinski definition) is 7. The Morgan fingerprint density at radius 2 is 1.78 bits per heavy atom. The Balaban J connectivity index is 1.29. The smallest absolute Gasteiger partial charge is 0.220 e. The Labute approximate surface area is 278 Å². The van der Waals surface area contributed by atoms with Crippen molar-refractivity contribution in [2.75, 3.05) is 70.4 Å². The molecule has 4 heterocycles. The van der Waals surface area contributed by atoms with Gasteiger partial charge in [0.2, 0.25) is 5.88 Å². The average Bonchev–Trinajstić information content (AvgIpc) is 3.01. The Bertz CT molecular complexity index is 1390. The molecule has 0 unspecified atom stereocenters. The second-order valence-electron chi connectivity index (χ2n) is 12.6. The Kier molecular flexibility index (Phi) is 11.6. The first-order chi connectivity index (χ1) is 21.7. The van der Waals surface area contributed by atoms with Gasteiger partial charge in [-0.3, -0.25) is 4.90 Å². The van der Waals surface area contributed by atoms with Crippen LogP contribution in [-0.2, 0) is 6.54 Å². The van der Waals surface area contributed by atoms with E-state index in [0.717, 1.165) is 118 Å². The first-order valence-corrected chi connectivity index (χ1v) is 16.9. The van der Waals surface area contributed by atoms with E-state index in [-0.39, 0.29) is 6.61 Å². The minimum absolute atomic E-state index is 0.234. The predicted octanol–water partition coefficient (Wildman–Crippen LogP) is 6.62. The molecular formula is C35H47Cl2N6O2+. The number of hydrogen-bond donors (Lipinski definition) is 2. The van der Waals surface area contributed by atoms with Gasteiger partial charge in [-0.25, -0.2) is 9.97 Å². The van der Waals surface area contributed by atoms with Crippen molar-refractivity contribution < 1.29 is 14.3 Å². The van der Waals surface area contributed by atoms with Crippen molar-refractivity contribution >= 4 is 29.0 Å². The first kappa shape index (κ1) is 33.5. The third kappa shape index (κ3) is 9.33. The number of pyridine rings is 2. The summed E-state index contributed by atoms with van der Waals surface area (Å²) in [5.41, 5.74) is 3.76. The fourth-order valence-electron chi connectivity index (χ4n) is 6.58. The number of anilines is 1. The second kappa shape index (κ2) is 15.6. The van der Waals surface area contributed by atoms with Crippen LogP contribution in [0.15, 0.2) is 60.9 Å². The van der Waals surface area contributed by atoms with Crippen LogP contribution in [0.5, 0.6) is 11.6 Å². The van der Waals surface area contributed by atoms with Crippen molar-refractivity contribution in [3.05, 3.63) is 76.5 Å². The molecule has 45 heavy (non-hydrogen) atoms. The van der Waals surface area contributed by atoms with Gasteiger partial charge in [-0.1, -0.05) is 36.7 Å². The molecule has 8 nitrogen and oxygen atoms in total. The van der Waals surface area contributed by atoms with Gasteiger partial charge in [-0.05, 0) is 87.2 Å². The minimum atomic E-state index is 0.234. The van der Waals surface area contributed by atoms with Gasteiger partial charge in [-0.15, -0.1) is 0 Å². The quantitative estimate of drug-likeness (QED) is 0.201. The number of ether oxygens (including phenoxy) is 1. The largest absolute Gasteiger partial charge is 0.437 e. The number of quaternary nitrogens is 1. The van der Waals surface area contributed by atoms with Crippen molar-refractivity contribution in [2.45, 2.75) is 39.7 Å². The Morgan fingerprint density at radius 1 is 1.04 bits per heavy atom. The summed E-state index contributed by atoms with van der Waals surface area (Å²) < 4.78 is 7.30. The lowest BCUT2D eigenvalue weighted by molar-refractivity contribution is -0.928. The third-order valence-corrected chi connectivity index (χ3v) is 9.49. The first-order valence-electron chi connectivity index (χ1n) is 16.2. The molecule has 2 fully saturated rings. The van der Waals surface area contributed by atoms with E-state index >= 15 is 0 Å². The van der Waals surface area contributed by atoms with Gasteiger partial charge >= 0.3 is 0 Å². The number of piperidine rings is 1. The summed E-state index contributed by atoms with van der Waals surface area (Å²) in [5, 5.41) is 14.2. The maximum atomic E-state index is 9.61. The molecule has 242 valence electrons. The van der Waals surface area contributed by atoms with E-state index in [1.165, 1.54) is 0 Å². The average molecular weight is 655 g/mol. The van der Waals surface area contributed by atoms with E-state index < -0.39 is 0 Å². The highest BCUT2D eigenvalue weighted by Gasteiger charge is 2.32. The van der Waals surface area contributed by atoms with Gasteiger partial charge in [0.05, 0.1) is 51.2 Å². The highest BCUT2D eigenvalue weighted by molar-refractivity contribution is 6.35. The summed E-state index contributed by atoms with van der Waals surface area (Å²) in [4.78, 5) is 14.4. The normalized spacial score (nSPS) is 17.3. The second-order valence-corrected chi connectivity index (χ2v) is 13.5. The molecule has 5 rings (SSSR count). The molecular weight excluding hydrogens is 607 g/mol. The number of piperazine rings is 1. The molecule has 2 aliphatic rings. The monoisotopic (exact) mass is 653 g/mol. The maximum absolute atomic E-state index is 9.61. The van der Waals surface area contributed by atoms with Crippen molar-refractivity contribution in [3.63, 3.8) is 0 Å². The van der Waals surface area contributed by atoms with E-state index in [1.807, 2.05) is 37.3 Å². The summed E-state index contributed by atoms with van der Waals surface area (Å²) in [6, 6.07) is 13.6. The lowest BCUT2D eigenvalue weighted by Crippen LogP contribution is -2.61. The van der Waals surface area contributed by atoms with Crippen molar-refractivity contribution in [2.24, 2.45) is 5.92 Å². The standard InChI is InChI=1S/C35H47Cl2N6O2/c1-4-13-43(16-17-44)14-11-42(12-15-43)34-6-5-32(24-39-34)45-35-19-28(18-33(40-35)29-20-30(36)22-31(37)21-29)25-41-9-7-27(8-10-41)23-38-26(2)3/h5-6,18-22,24,27,38,44H,2,4,7-17,23,25H2,1,3H3/q+1. The van der Waals surface area contributed by atoms with Crippen LogP contribution in [0.1, 0.15) is 38.7 Å². The Morgan fingerprint density at radius 3 is 2.40 bits per heavy atom. The van der Waals surface area contributed by atoms with Crippen LogP contribution in [0.2, 0.25) is 10.0 Å². The van der Waals surface area contributed by atoms with E-state index in [1.54, 1.807) is 12.3 Å². The highest BCUT2D eigenvalue weighted by Crippen LogP contribution is 2.31. The number of allylic oxidation sites excluding steroid dienone is 1. The van der Waals surface area contributed by atoms with Gasteiger partial charge in [0.1, 0.15) is 18.1 Å². The van der Waals surface area contributed by atoms with Crippen molar-refractivity contribution in [3.8, 4) is 22.9 Å². The van der Waals surface area contributed by atoms with Crippen molar-refractivity contribution in [1.82, 2.24) is 20.2 Å². The number of nitrogens with one attached hydrogen (secondary N) is 1. The molecule has 10 heteroatoms. The van der Waals surface area contributed by atoms with Gasteiger partial charge < -0.3 is 24.5 Å². The van der Waals surface area contributed by atoms with Gasteiger partial charge in [0, 0.05) is 40.5 Å². The van der Waals surface area contributed by atoms with E-state index in [9.17, 15) is 5.11 Å². The summed E-state index contributed by atoms with van der Waals surface area (Å²) in [5.74, 6) is 2.76. The van der Waals surface area contributed by atoms with Crippen LogP contribution >= 0.6 is 23.2 Å². The van der Waals surface area contributed by atoms with Crippen LogP contribution < -0.4 is 15.0 Å². The third-order valence-electron chi connectivity index (χ3n) is 9.05. The van der Waals surface area contributed by atoms with Crippen LogP contribution in [0.3, 0.4) is 0 Å². The van der Waals surface area contributed by atoms with Crippen LogP contribution in [-0.4, -0.2) is 90.0 Å². The predicted molar refractivity (Wildman–Crippen MR) is 184 cm³/mol. The Hall–Kier alpha value is -2.88. The maximum Gasteiger partial charge on any atom is 0.220 e. The van der Waals surface area contributed by atoms with E-state index in [0.29, 0.717) is 27.6 Å². The molecule has 1 aromatic carbocycles. The molecule has 3 aromatic rings. The van der Waals surface area contributed by atoms with Gasteiger partial charge in [0.15, 0.2) is 0 Å². The number of likely N-dealkylation sites (tertiary alicyclic amines) is 1. The molecule has 0 aliphatic carbocycles. The summed E-state index contributed by atoms with van der Waals surface area (Å²) >= 11 is 12.7. The molecule has 0 radical (unpaired) electrons. The summed E-state index contributed by atoms with van der Waals surface area (Å²) in [6.07, 6.45) is 5.21. The zero-order chi connectivity index (χ0) is 31.8. The van der Waals surface area contributed by atoms with E-state index in [4.69, 9.17) is 37.9 Å². The fourth-order valence-corrected chi connectivity index (χ4v) is 7.11. The van der Waals surface area contributed by atoms with Crippen molar-refractivity contribution in [1.29, 1.82) is 0 Å². The number of nitrogens with zero attached hydrogens (tertiary/aromatic N) is 5. The van der Waals surface area contributed by atoms with Crippen LogP contribution in [0.4, 0.5) is 5.82 Å².